The van der Waals surface area contributed by atoms with Gasteiger partial charge in [-0.1, -0.05) is 10.1 Å². The Kier molecular flexibility index (Phi) is 13.8. The fourth-order valence-electron chi connectivity index (χ4n) is 5.79. The number of nitrogen functional groups attached to an aromatic ring is 2. The summed E-state index contributed by atoms with van der Waals surface area (Å²) in [6.07, 6.45) is 0. The Bertz CT molecular complexity index is 3100. The van der Waals surface area contributed by atoms with Crippen LogP contribution in [0, 0.1) is 5.21 Å². The van der Waals surface area contributed by atoms with E-state index in [2.05, 4.69) is 44.3 Å². The number of anilines is 2. The third-order valence-electron chi connectivity index (χ3n) is 8.47. The molecule has 0 amide bonds. The summed E-state index contributed by atoms with van der Waals surface area (Å²) < 4.78 is 87.4. The maximum atomic E-state index is 13.2. The van der Waals surface area contributed by atoms with Crippen molar-refractivity contribution in [2.24, 2.45) is 25.6 Å². The first-order valence-corrected chi connectivity index (χ1v) is 21.1. The number of phenolic OH excluding ortho intramolecular Hbond substituents is 2. The van der Waals surface area contributed by atoms with Gasteiger partial charge in [-0.05, 0) is 70.2 Å². The second kappa shape index (κ2) is 18.9. The lowest BCUT2D eigenvalue weighted by atomic mass is 10.1. The van der Waals surface area contributed by atoms with Crippen LogP contribution in [0.2, 0.25) is 0 Å². The predicted octanol–water partition coefficient (Wildman–Crippen LogP) is 8.69. The molecule has 0 bridgehead atoms. The van der Waals surface area contributed by atoms with Gasteiger partial charge in [-0.3, -0.25) is 9.11 Å². The lowest BCUT2D eigenvalue weighted by molar-refractivity contribution is -0.435. The highest BCUT2D eigenvalue weighted by atomic mass is 32.2. The van der Waals surface area contributed by atoms with Gasteiger partial charge < -0.3 is 36.4 Å². The monoisotopic (exact) mass is 948 g/mol. The molecule has 6 rings (SSSR count). The molecule has 0 atom stereocenters. The van der Waals surface area contributed by atoms with E-state index in [1.54, 1.807) is 0 Å². The second-order valence-electron chi connectivity index (χ2n) is 12.3. The van der Waals surface area contributed by atoms with E-state index >= 15 is 0 Å². The molecule has 10 N–H and O–H groups in total. The van der Waals surface area contributed by atoms with Crippen molar-refractivity contribution in [3.05, 3.63) is 78.0 Å². The third-order valence-corrected chi connectivity index (χ3v) is 11.3. The molecule has 0 heterocycles. The van der Waals surface area contributed by atoms with Crippen molar-refractivity contribution in [2.45, 2.75) is 19.6 Å². The normalized spacial score (nSPS) is 12.6. The van der Waals surface area contributed by atoms with Crippen LogP contribution in [0.3, 0.4) is 0 Å². The Morgan fingerprint density at radius 1 is 0.667 bits per heavy atom. The summed E-state index contributed by atoms with van der Waals surface area (Å²) in [5.41, 5.74) is 10.8. The molecule has 0 saturated carbocycles. The van der Waals surface area contributed by atoms with E-state index in [9.17, 15) is 41.4 Å². The maximum Gasteiger partial charge on any atom is 0.296 e. The number of benzene rings is 6. The van der Waals surface area contributed by atoms with Crippen molar-refractivity contribution in [1.82, 2.24) is 0 Å². The minimum atomic E-state index is -5.02. The number of nitrogens with zero attached hydrogens (tertiary/aromatic N) is 6. The first kappa shape index (κ1) is 46.0. The van der Waals surface area contributed by atoms with E-state index < -0.39 is 47.2 Å². The average molecular weight is 949 g/mol. The van der Waals surface area contributed by atoms with Crippen LogP contribution in [-0.2, 0) is 39.0 Å². The predicted molar refractivity (Wildman–Crippen MR) is 221 cm³/mol. The molecule has 25 nitrogen and oxygen atoms in total. The standard InChI is InChI=1S/C34H28N8O17S4/c1-54-25-11-17(3-5-23(25)37-39-31-27(61-59-57-47)9-16-8-20(62(48,49)50)14-22(36)30(16)33(31)43)41-42(45)18-4-6-24(26(12-18)55-2)38-40-32-28(63(51,52)53)10-15-7-19(60-58-56-46)13-21(35)29(15)34(32)44/h3-14,43-44,46-47H,35-36H2,1-2H3,(H,48,49,50)(H,51,52,53). The van der Waals surface area contributed by atoms with Gasteiger partial charge in [0.2, 0.25) is 5.69 Å². The SMILES string of the molecule is COc1cc(N=[N+]([O-])c2ccc(N=Nc3c(S(=O)(=O)O)cc4cc(SOOO)cc(N)c4c3O)c(OC)c2)ccc1N=Nc1c(SOOO)cc2cc(S(=O)(=O)O)cc(N)c2c1O. The largest absolute Gasteiger partial charge is 0.594 e. The Balaban J connectivity index is 1.30. The van der Waals surface area contributed by atoms with Crippen LogP contribution in [0.15, 0.2) is 118 Å². The molecule has 29 heteroatoms. The smallest absolute Gasteiger partial charge is 0.296 e. The van der Waals surface area contributed by atoms with Crippen LogP contribution < -0.4 is 20.9 Å². The molecule has 0 aliphatic carbocycles. The van der Waals surface area contributed by atoms with Crippen molar-refractivity contribution in [2.75, 3.05) is 25.7 Å². The Hall–Kier alpha value is -6.48. The number of azo groups is 3. The molecule has 0 spiro atoms. The van der Waals surface area contributed by atoms with Gasteiger partial charge in [-0.15, -0.1) is 29.1 Å². The minimum Gasteiger partial charge on any atom is -0.594 e. The van der Waals surface area contributed by atoms with E-state index in [0.717, 1.165) is 18.2 Å². The first-order valence-electron chi connectivity index (χ1n) is 16.7. The highest BCUT2D eigenvalue weighted by molar-refractivity contribution is 7.95. The van der Waals surface area contributed by atoms with Gasteiger partial charge in [0.25, 0.3) is 20.2 Å². The fourth-order valence-corrected chi connectivity index (χ4v) is 7.95. The molecule has 0 aromatic heterocycles. The van der Waals surface area contributed by atoms with Crippen LogP contribution >= 0.6 is 24.1 Å². The number of aromatic hydroxyl groups is 2. The van der Waals surface area contributed by atoms with Crippen molar-refractivity contribution in [3.8, 4) is 23.0 Å². The molecule has 0 saturated heterocycles. The quantitative estimate of drug-likeness (QED) is 0.00854. The van der Waals surface area contributed by atoms with Gasteiger partial charge >= 0.3 is 0 Å². The zero-order valence-corrected chi connectivity index (χ0v) is 34.8. The summed E-state index contributed by atoms with van der Waals surface area (Å²) in [6.45, 7) is 0. The van der Waals surface area contributed by atoms with Gasteiger partial charge in [0.15, 0.2) is 17.2 Å². The molecule has 0 radical (unpaired) electrons. The fraction of sp³-hybridized carbons (Fsp3) is 0.0588. The summed E-state index contributed by atoms with van der Waals surface area (Å²) in [7, 11) is -7.19. The van der Waals surface area contributed by atoms with E-state index in [1.165, 1.54) is 68.8 Å². The van der Waals surface area contributed by atoms with Crippen LogP contribution in [0.4, 0.5) is 45.5 Å². The molecule has 0 aliphatic heterocycles. The third kappa shape index (κ3) is 10.1. The molecular formula is C34H28N8O17S4. The maximum absolute atomic E-state index is 13.2. The molecule has 330 valence electrons. The average Bonchev–Trinajstić information content (AvgIpc) is 3.23. The topological polar surface area (TPSA) is 385 Å². The molecule has 63 heavy (non-hydrogen) atoms. The second-order valence-corrected chi connectivity index (χ2v) is 16.6. The van der Waals surface area contributed by atoms with Crippen molar-refractivity contribution in [3.63, 3.8) is 0 Å². The molecule has 0 unspecified atom stereocenters. The zero-order valence-electron chi connectivity index (χ0n) is 31.6. The molecule has 0 fully saturated rings. The van der Waals surface area contributed by atoms with Gasteiger partial charge in [-0.2, -0.15) is 16.8 Å². The lowest BCUT2D eigenvalue weighted by Crippen LogP contribution is -2.00. The van der Waals surface area contributed by atoms with E-state index in [4.69, 9.17) is 31.5 Å². The van der Waals surface area contributed by atoms with Crippen LogP contribution in [0.25, 0.3) is 21.5 Å². The Labute approximate surface area is 361 Å². The van der Waals surface area contributed by atoms with Crippen LogP contribution in [-0.4, -0.2) is 65.7 Å². The Morgan fingerprint density at radius 2 is 1.24 bits per heavy atom. The Morgan fingerprint density at radius 3 is 1.86 bits per heavy atom. The van der Waals surface area contributed by atoms with E-state index in [0.29, 0.717) is 24.1 Å². The number of methoxy groups -OCH3 is 2. The van der Waals surface area contributed by atoms with Gasteiger partial charge in [0, 0.05) is 44.3 Å². The minimum absolute atomic E-state index is 0.0331. The summed E-state index contributed by atoms with van der Waals surface area (Å²) in [6, 6.07) is 14.6. The molecule has 6 aromatic carbocycles. The van der Waals surface area contributed by atoms with Crippen LogP contribution in [0.5, 0.6) is 23.0 Å². The number of rotatable bonds is 16. The number of nitrogens with two attached hydrogens (primary N) is 2. The van der Waals surface area contributed by atoms with E-state index in [1.807, 2.05) is 0 Å². The summed E-state index contributed by atoms with van der Waals surface area (Å²) in [5.74, 6) is -1.38. The van der Waals surface area contributed by atoms with Crippen molar-refractivity contribution >= 4 is 111 Å². The summed E-state index contributed by atoms with van der Waals surface area (Å²) >= 11 is 0.863. The highest BCUT2D eigenvalue weighted by Gasteiger charge is 2.25. The number of ether oxygens (including phenoxy) is 2. The van der Waals surface area contributed by atoms with Gasteiger partial charge in [0.05, 0.1) is 54.2 Å². The number of hydrogen-bond acceptors (Lipinski definition) is 24. The number of phenols is 2. The first-order chi connectivity index (χ1) is 29.9. The number of fused-ring (bicyclic) bond motifs is 2. The molecule has 6 aromatic rings. The number of hydrogen-bond donors (Lipinski definition) is 8. The van der Waals surface area contributed by atoms with Crippen molar-refractivity contribution in [1.29, 1.82) is 0 Å². The summed E-state index contributed by atoms with van der Waals surface area (Å²) in [5, 5.41) is 79.8. The molecule has 0 aliphatic rings. The highest BCUT2D eigenvalue weighted by Crippen LogP contribution is 2.48. The van der Waals surface area contributed by atoms with Crippen LogP contribution in [0.1, 0.15) is 0 Å². The van der Waals surface area contributed by atoms with Crippen molar-refractivity contribution < 1.29 is 79.7 Å². The zero-order chi connectivity index (χ0) is 45.8. The summed E-state index contributed by atoms with van der Waals surface area (Å²) in [4.78, 5) is -1.03. The van der Waals surface area contributed by atoms with Gasteiger partial charge in [-0.25, -0.2) is 10.5 Å². The van der Waals surface area contributed by atoms with Gasteiger partial charge in [0.1, 0.15) is 39.1 Å². The molecular weight excluding hydrogens is 921 g/mol. The van der Waals surface area contributed by atoms with E-state index in [-0.39, 0.29) is 87.5 Å². The lowest BCUT2D eigenvalue weighted by Gasteiger charge is -2.12.